The maximum absolute atomic E-state index is 12.7. The summed E-state index contributed by atoms with van der Waals surface area (Å²) in [6.07, 6.45) is 1.12. The number of aliphatic hydroxyl groups is 1. The summed E-state index contributed by atoms with van der Waals surface area (Å²) >= 11 is 0. The smallest absolute Gasteiger partial charge is 0.123 e. The van der Waals surface area contributed by atoms with Gasteiger partial charge in [-0.15, -0.1) is 0 Å². The van der Waals surface area contributed by atoms with Gasteiger partial charge in [-0.1, -0.05) is 6.07 Å². The lowest BCUT2D eigenvalue weighted by Gasteiger charge is -2.13. The van der Waals surface area contributed by atoms with Crippen molar-refractivity contribution in [3.63, 3.8) is 0 Å². The average Bonchev–Trinajstić information content (AvgIpc) is 2.49. The second kappa shape index (κ2) is 7.71. The van der Waals surface area contributed by atoms with Crippen LogP contribution >= 0.6 is 0 Å². The Labute approximate surface area is 123 Å². The number of pyridine rings is 1. The van der Waals surface area contributed by atoms with E-state index in [0.717, 1.165) is 11.3 Å². The van der Waals surface area contributed by atoms with Crippen LogP contribution in [0.3, 0.4) is 0 Å². The van der Waals surface area contributed by atoms with E-state index in [9.17, 15) is 9.50 Å². The minimum atomic E-state index is -0.632. The Morgan fingerprint density at radius 2 is 2.05 bits per heavy atom. The van der Waals surface area contributed by atoms with Crippen molar-refractivity contribution in [1.29, 1.82) is 0 Å². The van der Waals surface area contributed by atoms with Crippen LogP contribution in [0.1, 0.15) is 11.3 Å². The Morgan fingerprint density at radius 3 is 2.76 bits per heavy atom. The first-order valence-electron chi connectivity index (χ1n) is 6.83. The lowest BCUT2D eigenvalue weighted by Crippen LogP contribution is -2.31. The highest BCUT2D eigenvalue weighted by atomic mass is 19.1. The van der Waals surface area contributed by atoms with E-state index in [4.69, 9.17) is 4.74 Å². The first kappa shape index (κ1) is 15.4. The number of rotatable bonds is 7. The second-order valence-corrected chi connectivity index (χ2v) is 4.80. The summed E-state index contributed by atoms with van der Waals surface area (Å²) in [5.74, 6) is 0.231. The highest BCUT2D eigenvalue weighted by Crippen LogP contribution is 2.11. The quantitative estimate of drug-likeness (QED) is 0.819. The molecular weight excluding hydrogens is 271 g/mol. The van der Waals surface area contributed by atoms with Crippen molar-refractivity contribution in [2.45, 2.75) is 19.6 Å². The van der Waals surface area contributed by atoms with E-state index in [0.29, 0.717) is 18.8 Å². The summed E-state index contributed by atoms with van der Waals surface area (Å²) in [6, 6.07) is 9.61. The third kappa shape index (κ3) is 5.13. The minimum absolute atomic E-state index is 0.157. The molecule has 1 atom stereocenters. The largest absolute Gasteiger partial charge is 0.491 e. The van der Waals surface area contributed by atoms with Crippen LogP contribution in [0.15, 0.2) is 42.6 Å². The van der Waals surface area contributed by atoms with E-state index in [2.05, 4.69) is 10.3 Å². The molecule has 1 aromatic heterocycles. The van der Waals surface area contributed by atoms with Gasteiger partial charge in [0.2, 0.25) is 0 Å². The number of aromatic nitrogens is 1. The molecule has 2 aromatic rings. The standard InChI is InChI=1S/C16H19FN2O2/c1-12-13(3-2-8-19-12)9-18-10-15(20)11-21-16-6-4-14(17)5-7-16/h2-8,15,18,20H,9-11H2,1H3. The van der Waals surface area contributed by atoms with E-state index in [1.54, 1.807) is 6.20 Å². The van der Waals surface area contributed by atoms with Gasteiger partial charge in [0.25, 0.3) is 0 Å². The van der Waals surface area contributed by atoms with Crippen molar-refractivity contribution in [1.82, 2.24) is 10.3 Å². The average molecular weight is 290 g/mol. The Hall–Kier alpha value is -1.98. The molecule has 1 unspecified atom stereocenters. The molecule has 2 N–H and O–H groups in total. The lowest BCUT2D eigenvalue weighted by molar-refractivity contribution is 0.106. The van der Waals surface area contributed by atoms with Crippen LogP contribution in [0.2, 0.25) is 0 Å². The topological polar surface area (TPSA) is 54.4 Å². The Bertz CT molecular complexity index is 560. The maximum atomic E-state index is 12.7. The summed E-state index contributed by atoms with van der Waals surface area (Å²) in [5, 5.41) is 13.0. The molecule has 1 heterocycles. The summed E-state index contributed by atoms with van der Waals surface area (Å²) < 4.78 is 18.1. The molecule has 0 radical (unpaired) electrons. The van der Waals surface area contributed by atoms with Gasteiger partial charge in [0.1, 0.15) is 24.3 Å². The number of benzene rings is 1. The lowest BCUT2D eigenvalue weighted by atomic mass is 10.2. The van der Waals surface area contributed by atoms with Crippen LogP contribution in [-0.4, -0.2) is 29.3 Å². The van der Waals surface area contributed by atoms with Gasteiger partial charge in [0, 0.05) is 25.0 Å². The summed E-state index contributed by atoms with van der Waals surface area (Å²) in [5.41, 5.74) is 2.08. The van der Waals surface area contributed by atoms with Crippen LogP contribution in [-0.2, 0) is 6.54 Å². The molecule has 0 saturated heterocycles. The fourth-order valence-electron chi connectivity index (χ4n) is 1.86. The van der Waals surface area contributed by atoms with Crippen LogP contribution in [0.25, 0.3) is 0 Å². The van der Waals surface area contributed by atoms with E-state index in [-0.39, 0.29) is 12.4 Å². The molecular formula is C16H19FN2O2. The zero-order valence-corrected chi connectivity index (χ0v) is 11.9. The van der Waals surface area contributed by atoms with Crippen LogP contribution in [0, 0.1) is 12.7 Å². The number of nitrogens with zero attached hydrogens (tertiary/aromatic N) is 1. The number of hydrogen-bond donors (Lipinski definition) is 2. The zero-order valence-electron chi connectivity index (χ0n) is 11.9. The first-order valence-corrected chi connectivity index (χ1v) is 6.83. The molecule has 0 saturated carbocycles. The van der Waals surface area contributed by atoms with Gasteiger partial charge < -0.3 is 15.2 Å². The summed E-state index contributed by atoms with van der Waals surface area (Å²) in [7, 11) is 0. The SMILES string of the molecule is Cc1ncccc1CNCC(O)COc1ccc(F)cc1. The Balaban J connectivity index is 1.69. The molecule has 0 bridgehead atoms. The van der Waals surface area contributed by atoms with Gasteiger partial charge in [-0.2, -0.15) is 0 Å². The number of aliphatic hydroxyl groups excluding tert-OH is 1. The number of nitrogens with one attached hydrogen (secondary N) is 1. The van der Waals surface area contributed by atoms with Gasteiger partial charge >= 0.3 is 0 Å². The molecule has 0 aliphatic rings. The molecule has 0 spiro atoms. The highest BCUT2D eigenvalue weighted by Gasteiger charge is 2.06. The van der Waals surface area contributed by atoms with Gasteiger partial charge in [0.05, 0.1) is 0 Å². The minimum Gasteiger partial charge on any atom is -0.491 e. The van der Waals surface area contributed by atoms with E-state index >= 15 is 0 Å². The molecule has 112 valence electrons. The van der Waals surface area contributed by atoms with Gasteiger partial charge in [-0.05, 0) is 42.8 Å². The van der Waals surface area contributed by atoms with Crippen molar-refractivity contribution in [3.8, 4) is 5.75 Å². The molecule has 0 amide bonds. The fraction of sp³-hybridized carbons (Fsp3) is 0.312. The van der Waals surface area contributed by atoms with E-state index in [1.807, 2.05) is 19.1 Å². The van der Waals surface area contributed by atoms with Crippen molar-refractivity contribution in [2.75, 3.05) is 13.2 Å². The van der Waals surface area contributed by atoms with Crippen molar-refractivity contribution >= 4 is 0 Å². The van der Waals surface area contributed by atoms with Crippen LogP contribution in [0.4, 0.5) is 4.39 Å². The van der Waals surface area contributed by atoms with Crippen LogP contribution in [0.5, 0.6) is 5.75 Å². The molecule has 0 fully saturated rings. The molecule has 5 heteroatoms. The number of hydrogen-bond acceptors (Lipinski definition) is 4. The highest BCUT2D eigenvalue weighted by molar-refractivity contribution is 5.22. The van der Waals surface area contributed by atoms with E-state index < -0.39 is 6.10 Å². The third-order valence-electron chi connectivity index (χ3n) is 3.07. The van der Waals surface area contributed by atoms with Crippen molar-refractivity contribution in [3.05, 3.63) is 59.7 Å². The predicted molar refractivity (Wildman–Crippen MR) is 78.6 cm³/mol. The van der Waals surface area contributed by atoms with Crippen molar-refractivity contribution in [2.24, 2.45) is 0 Å². The monoisotopic (exact) mass is 290 g/mol. The zero-order chi connectivity index (χ0) is 15.1. The number of halogens is 1. The van der Waals surface area contributed by atoms with E-state index in [1.165, 1.54) is 24.3 Å². The number of aryl methyl sites for hydroxylation is 1. The molecule has 2 rings (SSSR count). The normalized spacial score (nSPS) is 12.1. The molecule has 1 aromatic carbocycles. The summed E-state index contributed by atoms with van der Waals surface area (Å²) in [4.78, 5) is 4.20. The molecule has 21 heavy (non-hydrogen) atoms. The maximum Gasteiger partial charge on any atom is 0.123 e. The van der Waals surface area contributed by atoms with Gasteiger partial charge in [0.15, 0.2) is 0 Å². The Kier molecular flexibility index (Phi) is 5.66. The van der Waals surface area contributed by atoms with Gasteiger partial charge in [-0.25, -0.2) is 4.39 Å². The molecule has 0 aliphatic carbocycles. The van der Waals surface area contributed by atoms with Gasteiger partial charge in [-0.3, -0.25) is 4.98 Å². The first-order chi connectivity index (χ1) is 10.1. The Morgan fingerprint density at radius 1 is 1.29 bits per heavy atom. The van der Waals surface area contributed by atoms with Crippen LogP contribution < -0.4 is 10.1 Å². The summed E-state index contributed by atoms with van der Waals surface area (Å²) in [6.45, 7) is 3.17. The predicted octanol–water partition coefficient (Wildman–Crippen LogP) is 2.06. The van der Waals surface area contributed by atoms with Crippen molar-refractivity contribution < 1.29 is 14.2 Å². The molecule has 4 nitrogen and oxygen atoms in total. The second-order valence-electron chi connectivity index (χ2n) is 4.80. The molecule has 0 aliphatic heterocycles. The fourth-order valence-corrected chi connectivity index (χ4v) is 1.86. The third-order valence-corrected chi connectivity index (χ3v) is 3.07. The number of ether oxygens (including phenoxy) is 1.